The standard InChI is InChI=1S/C12H10.C6H6.CH4.O2/c1-3-7-11(8-4-1)12-9-5-2-6-10-12;1-2-4-6-5-3-1;;1-2/h1-10H;1-6H;1H4;. The zero-order valence-corrected chi connectivity index (χ0v) is 11.1. The molecule has 0 fully saturated rings. The van der Waals surface area contributed by atoms with E-state index in [9.17, 15) is 0 Å². The van der Waals surface area contributed by atoms with Gasteiger partial charge in [-0.15, -0.1) is 0 Å². The summed E-state index contributed by atoms with van der Waals surface area (Å²) in [6, 6.07) is 32.8. The van der Waals surface area contributed by atoms with E-state index in [2.05, 4.69) is 48.5 Å². The van der Waals surface area contributed by atoms with Gasteiger partial charge in [-0.1, -0.05) is 104 Å². The Kier molecular flexibility index (Phi) is 10.7. The van der Waals surface area contributed by atoms with Gasteiger partial charge in [0.15, 0.2) is 0 Å². The monoisotopic (exact) mass is 280 g/mol. The zero-order valence-electron chi connectivity index (χ0n) is 11.1. The van der Waals surface area contributed by atoms with Gasteiger partial charge in [-0.05, 0) is 11.1 Å². The predicted molar refractivity (Wildman–Crippen MR) is 91.8 cm³/mol. The van der Waals surface area contributed by atoms with Gasteiger partial charge >= 0.3 is 0 Å². The van der Waals surface area contributed by atoms with E-state index in [1.807, 2.05) is 48.5 Å². The summed E-state index contributed by atoms with van der Waals surface area (Å²) in [6.07, 6.45) is 0. The molecule has 2 heteroatoms. The Balaban J connectivity index is 0.000000379. The molecular weight excluding hydrogens is 260 g/mol. The van der Waals surface area contributed by atoms with Gasteiger partial charge in [0, 0.05) is 9.93 Å². The maximum absolute atomic E-state index is 7.00. The molecule has 0 N–H and O–H groups in total. The highest BCUT2D eigenvalue weighted by Crippen LogP contribution is 2.17. The molecule has 21 heavy (non-hydrogen) atoms. The van der Waals surface area contributed by atoms with Crippen molar-refractivity contribution in [1.82, 2.24) is 0 Å². The molecular formula is C19H20O2. The molecule has 108 valence electrons. The number of hydrogen-bond donors (Lipinski definition) is 0. The Hall–Kier alpha value is -2.74. The summed E-state index contributed by atoms with van der Waals surface area (Å²) in [5, 5.41) is 0. The fourth-order valence-corrected chi connectivity index (χ4v) is 1.65. The molecule has 0 aromatic heterocycles. The molecule has 0 saturated carbocycles. The highest BCUT2D eigenvalue weighted by atomic mass is 16.7. The molecule has 2 nitrogen and oxygen atoms in total. The van der Waals surface area contributed by atoms with Crippen LogP contribution in [0.2, 0.25) is 0 Å². The first-order valence-electron chi connectivity index (χ1n) is 6.24. The quantitative estimate of drug-likeness (QED) is 0.569. The van der Waals surface area contributed by atoms with E-state index in [0.717, 1.165) is 0 Å². The van der Waals surface area contributed by atoms with Crippen molar-refractivity contribution in [3.05, 3.63) is 107 Å². The maximum Gasteiger partial charge on any atom is 0 e. The lowest BCUT2D eigenvalue weighted by Gasteiger charge is -1.98. The second-order valence-corrected chi connectivity index (χ2v) is 3.89. The van der Waals surface area contributed by atoms with Crippen LogP contribution in [0, 0.1) is 9.93 Å². The Morgan fingerprint density at radius 2 is 0.571 bits per heavy atom. The lowest BCUT2D eigenvalue weighted by Crippen LogP contribution is -1.73. The van der Waals surface area contributed by atoms with Crippen LogP contribution in [0.25, 0.3) is 11.1 Å². The molecule has 0 bridgehead atoms. The van der Waals surface area contributed by atoms with E-state index in [-0.39, 0.29) is 7.43 Å². The van der Waals surface area contributed by atoms with Crippen molar-refractivity contribution in [2.45, 2.75) is 7.43 Å². The van der Waals surface area contributed by atoms with E-state index in [4.69, 9.17) is 9.93 Å². The van der Waals surface area contributed by atoms with E-state index in [0.29, 0.717) is 0 Å². The first kappa shape index (κ1) is 18.3. The van der Waals surface area contributed by atoms with Crippen molar-refractivity contribution in [3.8, 4) is 11.1 Å². The molecule has 0 aliphatic heterocycles. The molecule has 0 radical (unpaired) electrons. The number of rotatable bonds is 1. The largest absolute Gasteiger partial charge is 0.0776 e. The van der Waals surface area contributed by atoms with Crippen molar-refractivity contribution >= 4 is 0 Å². The molecule has 0 amide bonds. The molecule has 0 heterocycles. The van der Waals surface area contributed by atoms with Crippen LogP contribution in [0.15, 0.2) is 97.1 Å². The molecule has 3 aromatic carbocycles. The fraction of sp³-hybridized carbons (Fsp3) is 0.0526. The average molecular weight is 280 g/mol. The first-order chi connectivity index (χ1) is 9.97. The molecule has 0 spiro atoms. The van der Waals surface area contributed by atoms with E-state index in [1.165, 1.54) is 11.1 Å². The highest BCUT2D eigenvalue weighted by Gasteiger charge is 1.91. The minimum Gasteiger partial charge on any atom is -0.0776 e. The molecule has 0 aliphatic carbocycles. The molecule has 3 rings (SSSR count). The Labute approximate surface area is 126 Å². The van der Waals surface area contributed by atoms with E-state index in [1.54, 1.807) is 0 Å². The van der Waals surface area contributed by atoms with Crippen molar-refractivity contribution in [2.75, 3.05) is 0 Å². The summed E-state index contributed by atoms with van der Waals surface area (Å²) in [5.41, 5.74) is 2.55. The minimum atomic E-state index is 0. The van der Waals surface area contributed by atoms with Crippen molar-refractivity contribution < 1.29 is 0 Å². The number of hydrogen-bond acceptors (Lipinski definition) is 2. The Morgan fingerprint density at radius 3 is 0.810 bits per heavy atom. The smallest absolute Gasteiger partial charge is 0 e. The van der Waals surface area contributed by atoms with Crippen LogP contribution in [0.4, 0.5) is 0 Å². The van der Waals surface area contributed by atoms with Gasteiger partial charge in [0.05, 0.1) is 0 Å². The third-order valence-electron chi connectivity index (χ3n) is 2.55. The summed E-state index contributed by atoms with van der Waals surface area (Å²) in [7, 11) is 0. The topological polar surface area (TPSA) is 34.1 Å². The SMILES string of the molecule is C.O=O.c1ccc(-c2ccccc2)cc1.c1ccccc1. The van der Waals surface area contributed by atoms with E-state index >= 15 is 0 Å². The van der Waals surface area contributed by atoms with Gasteiger partial charge in [-0.25, -0.2) is 0 Å². The molecule has 0 aliphatic rings. The summed E-state index contributed by atoms with van der Waals surface area (Å²) in [4.78, 5) is 14.0. The van der Waals surface area contributed by atoms with Crippen LogP contribution in [0.3, 0.4) is 0 Å². The first-order valence-corrected chi connectivity index (χ1v) is 6.24. The van der Waals surface area contributed by atoms with Gasteiger partial charge in [-0.2, -0.15) is 0 Å². The maximum atomic E-state index is 7.00. The summed E-state index contributed by atoms with van der Waals surface area (Å²) < 4.78 is 0. The zero-order chi connectivity index (χ0) is 14.5. The predicted octanol–water partition coefficient (Wildman–Crippen LogP) is 5.74. The Morgan fingerprint density at radius 1 is 0.381 bits per heavy atom. The van der Waals surface area contributed by atoms with Crippen LogP contribution in [-0.2, 0) is 0 Å². The average Bonchev–Trinajstić information content (AvgIpc) is 2.60. The third kappa shape index (κ3) is 7.43. The van der Waals surface area contributed by atoms with Crippen molar-refractivity contribution in [1.29, 1.82) is 0 Å². The van der Waals surface area contributed by atoms with Crippen molar-refractivity contribution in [3.63, 3.8) is 0 Å². The van der Waals surface area contributed by atoms with Gasteiger partial charge in [0.25, 0.3) is 0 Å². The van der Waals surface area contributed by atoms with Crippen LogP contribution in [-0.4, -0.2) is 0 Å². The van der Waals surface area contributed by atoms with Gasteiger partial charge in [-0.3, -0.25) is 0 Å². The van der Waals surface area contributed by atoms with Crippen molar-refractivity contribution in [2.24, 2.45) is 0 Å². The van der Waals surface area contributed by atoms with Gasteiger partial charge in [0.2, 0.25) is 0 Å². The molecule has 0 atom stereocenters. The second-order valence-electron chi connectivity index (χ2n) is 3.89. The second kappa shape index (κ2) is 12.3. The molecule has 0 saturated heterocycles. The summed E-state index contributed by atoms with van der Waals surface area (Å²) >= 11 is 0. The van der Waals surface area contributed by atoms with E-state index < -0.39 is 0 Å². The fourth-order valence-electron chi connectivity index (χ4n) is 1.65. The highest BCUT2D eigenvalue weighted by molar-refractivity contribution is 5.62. The number of benzene rings is 3. The van der Waals surface area contributed by atoms with Crippen LogP contribution in [0.5, 0.6) is 0 Å². The minimum absolute atomic E-state index is 0. The van der Waals surface area contributed by atoms with Crippen LogP contribution >= 0.6 is 0 Å². The lowest BCUT2D eigenvalue weighted by molar-refractivity contribution is 1.62. The summed E-state index contributed by atoms with van der Waals surface area (Å²) in [6.45, 7) is 0. The van der Waals surface area contributed by atoms with Gasteiger partial charge in [0.1, 0.15) is 0 Å². The normalized spacial score (nSPS) is 8.00. The lowest BCUT2D eigenvalue weighted by atomic mass is 10.1. The molecule has 3 aromatic rings. The Bertz CT molecular complexity index is 487. The van der Waals surface area contributed by atoms with Gasteiger partial charge < -0.3 is 0 Å². The van der Waals surface area contributed by atoms with Crippen LogP contribution < -0.4 is 0 Å². The molecule has 0 unspecified atom stereocenters. The van der Waals surface area contributed by atoms with Crippen LogP contribution in [0.1, 0.15) is 7.43 Å². The third-order valence-corrected chi connectivity index (χ3v) is 2.55. The summed E-state index contributed by atoms with van der Waals surface area (Å²) in [5.74, 6) is 0.